The first kappa shape index (κ1) is 17.0. The molecule has 0 aromatic heterocycles. The normalized spacial score (nSPS) is 51.3. The van der Waals surface area contributed by atoms with Crippen molar-refractivity contribution in [3.63, 3.8) is 0 Å². The van der Waals surface area contributed by atoms with E-state index in [-0.39, 0.29) is 6.61 Å². The molecule has 2 heterocycles. The summed E-state index contributed by atoms with van der Waals surface area (Å²) in [5.74, 6) is 0. The van der Waals surface area contributed by atoms with Crippen LogP contribution in [-0.2, 0) is 14.2 Å². The van der Waals surface area contributed by atoms with E-state index in [2.05, 4.69) is 0 Å². The van der Waals surface area contributed by atoms with Crippen molar-refractivity contribution in [3.05, 3.63) is 0 Å². The van der Waals surface area contributed by atoms with Gasteiger partial charge in [0.25, 0.3) is 0 Å². The average molecular weight is 312 g/mol. The molecule has 7 N–H and O–H groups in total. The van der Waals surface area contributed by atoms with Crippen molar-refractivity contribution in [1.29, 1.82) is 0 Å². The van der Waals surface area contributed by atoms with E-state index in [0.717, 1.165) is 0 Å². The molecule has 0 spiro atoms. The molecule has 0 radical (unpaired) electrons. The molecule has 21 heavy (non-hydrogen) atoms. The third-order valence-electron chi connectivity index (χ3n) is 3.61. The Morgan fingerprint density at radius 1 is 0.714 bits per heavy atom. The smallest absolute Gasteiger partial charge is 0.186 e. The van der Waals surface area contributed by atoms with Crippen LogP contribution in [0.15, 0.2) is 0 Å². The summed E-state index contributed by atoms with van der Waals surface area (Å²) < 4.78 is 15.1. The van der Waals surface area contributed by atoms with Crippen molar-refractivity contribution in [2.75, 3.05) is 13.2 Å². The minimum atomic E-state index is -1.69. The minimum Gasteiger partial charge on any atom is -0.394 e. The highest BCUT2D eigenvalue weighted by atomic mass is 16.7. The molecule has 10 heteroatoms. The summed E-state index contributed by atoms with van der Waals surface area (Å²) in [4.78, 5) is 0. The van der Waals surface area contributed by atoms with Crippen LogP contribution in [0.1, 0.15) is 0 Å². The Bertz CT molecular complexity index is 341. The minimum absolute atomic E-state index is 0.380. The van der Waals surface area contributed by atoms with Crippen molar-refractivity contribution < 1.29 is 50.0 Å². The zero-order valence-electron chi connectivity index (χ0n) is 11.0. The molecule has 9 atom stereocenters. The molecule has 0 unspecified atom stereocenters. The molecule has 10 nitrogen and oxygen atoms in total. The number of hydrogen-bond acceptors (Lipinski definition) is 10. The third kappa shape index (κ3) is 3.35. The first-order valence-corrected chi connectivity index (χ1v) is 6.48. The van der Waals surface area contributed by atoms with E-state index in [0.29, 0.717) is 0 Å². The second-order valence-electron chi connectivity index (χ2n) is 5.08. The number of aliphatic hydroxyl groups excluding tert-OH is 7. The van der Waals surface area contributed by atoms with Crippen LogP contribution in [0.5, 0.6) is 0 Å². The lowest BCUT2D eigenvalue weighted by molar-refractivity contribution is -0.297. The lowest BCUT2D eigenvalue weighted by atomic mass is 9.99. The monoisotopic (exact) mass is 312 g/mol. The Hall–Kier alpha value is -0.400. The van der Waals surface area contributed by atoms with Gasteiger partial charge >= 0.3 is 0 Å². The topological polar surface area (TPSA) is 169 Å². The van der Waals surface area contributed by atoms with Gasteiger partial charge in [-0.1, -0.05) is 0 Å². The summed E-state index contributed by atoms with van der Waals surface area (Å²) in [6.07, 6.45) is -12.6. The largest absolute Gasteiger partial charge is 0.394 e. The standard InChI is InChI=1S/C11H20O10/c12-1-3-5(13)9(17)11(21-3)19-2-4-6(14)7(15)8(16)10(18)20-4/h3-18H,1-2H2/t3-,4-,5+,6-,7+,8-,9-,10-,11-/m1/s1. The van der Waals surface area contributed by atoms with Gasteiger partial charge in [-0.3, -0.25) is 0 Å². The third-order valence-corrected chi connectivity index (χ3v) is 3.61. The van der Waals surface area contributed by atoms with Gasteiger partial charge in [0.2, 0.25) is 0 Å². The molecule has 0 aliphatic carbocycles. The van der Waals surface area contributed by atoms with Gasteiger partial charge in [0.1, 0.15) is 42.7 Å². The zero-order valence-corrected chi connectivity index (χ0v) is 11.0. The molecule has 0 saturated carbocycles. The summed E-state index contributed by atoms with van der Waals surface area (Å²) in [5.41, 5.74) is 0. The summed E-state index contributed by atoms with van der Waals surface area (Å²) in [5, 5.41) is 66.0. The lowest BCUT2D eigenvalue weighted by Crippen LogP contribution is -2.58. The Balaban J connectivity index is 1.88. The maximum atomic E-state index is 9.70. The van der Waals surface area contributed by atoms with Crippen LogP contribution in [0.2, 0.25) is 0 Å². The van der Waals surface area contributed by atoms with Crippen molar-refractivity contribution in [2.45, 2.75) is 55.3 Å². The maximum absolute atomic E-state index is 9.70. The summed E-state index contributed by atoms with van der Waals surface area (Å²) in [6.45, 7) is -0.890. The zero-order chi connectivity index (χ0) is 15.7. The van der Waals surface area contributed by atoms with E-state index in [1.807, 2.05) is 0 Å². The molecule has 2 aliphatic heterocycles. The van der Waals surface area contributed by atoms with Crippen LogP contribution in [0.3, 0.4) is 0 Å². The second-order valence-corrected chi connectivity index (χ2v) is 5.08. The molecule has 0 aromatic carbocycles. The molecular weight excluding hydrogens is 292 g/mol. The van der Waals surface area contributed by atoms with Gasteiger partial charge in [-0.05, 0) is 0 Å². The first-order chi connectivity index (χ1) is 9.86. The summed E-state index contributed by atoms with van der Waals surface area (Å²) in [6, 6.07) is 0. The first-order valence-electron chi connectivity index (χ1n) is 6.48. The molecule has 124 valence electrons. The Morgan fingerprint density at radius 2 is 1.33 bits per heavy atom. The van der Waals surface area contributed by atoms with E-state index in [1.54, 1.807) is 0 Å². The Morgan fingerprint density at radius 3 is 1.90 bits per heavy atom. The highest BCUT2D eigenvalue weighted by Gasteiger charge is 2.46. The van der Waals surface area contributed by atoms with Gasteiger partial charge in [0, 0.05) is 0 Å². The van der Waals surface area contributed by atoms with Crippen molar-refractivity contribution in [3.8, 4) is 0 Å². The van der Waals surface area contributed by atoms with Gasteiger partial charge < -0.3 is 50.0 Å². The molecule has 2 rings (SSSR count). The maximum Gasteiger partial charge on any atom is 0.186 e. The van der Waals surface area contributed by atoms with Gasteiger partial charge in [0.15, 0.2) is 12.6 Å². The predicted octanol–water partition coefficient (Wildman–Crippen LogP) is -4.76. The number of hydrogen-bond donors (Lipinski definition) is 7. The molecule has 0 bridgehead atoms. The average Bonchev–Trinajstić information content (AvgIpc) is 2.75. The fourth-order valence-electron chi connectivity index (χ4n) is 2.26. The van der Waals surface area contributed by atoms with Crippen LogP contribution in [0.25, 0.3) is 0 Å². The Kier molecular flexibility index (Phi) is 5.48. The van der Waals surface area contributed by atoms with E-state index >= 15 is 0 Å². The van der Waals surface area contributed by atoms with Crippen LogP contribution in [0, 0.1) is 0 Å². The van der Waals surface area contributed by atoms with Gasteiger partial charge in [0.05, 0.1) is 13.2 Å². The van der Waals surface area contributed by atoms with Crippen molar-refractivity contribution in [1.82, 2.24) is 0 Å². The SMILES string of the molecule is OC[C@H]1O[C@@H](OC[C@H]2O[C@@H](O)[C@H](O)[C@@H](O)[C@@H]2O)[C@H](O)[C@H]1O. The van der Waals surface area contributed by atoms with E-state index in [9.17, 15) is 30.6 Å². The van der Waals surface area contributed by atoms with Crippen molar-refractivity contribution >= 4 is 0 Å². The fourth-order valence-corrected chi connectivity index (χ4v) is 2.26. The molecule has 2 saturated heterocycles. The quantitative estimate of drug-likeness (QED) is 0.267. The summed E-state index contributed by atoms with van der Waals surface area (Å²) in [7, 11) is 0. The van der Waals surface area contributed by atoms with Crippen LogP contribution < -0.4 is 0 Å². The molecular formula is C11H20O10. The van der Waals surface area contributed by atoms with Gasteiger partial charge in [-0.25, -0.2) is 0 Å². The number of aliphatic hydroxyl groups is 7. The summed E-state index contributed by atoms with van der Waals surface area (Å²) >= 11 is 0. The Labute approximate surface area is 119 Å². The number of rotatable bonds is 4. The lowest BCUT2D eigenvalue weighted by Gasteiger charge is -2.38. The highest BCUT2D eigenvalue weighted by molar-refractivity contribution is 4.90. The molecule has 0 amide bonds. The molecule has 0 aromatic rings. The highest BCUT2D eigenvalue weighted by Crippen LogP contribution is 2.24. The van der Waals surface area contributed by atoms with E-state index in [1.165, 1.54) is 0 Å². The molecule has 2 aliphatic rings. The van der Waals surface area contributed by atoms with Crippen LogP contribution in [0.4, 0.5) is 0 Å². The van der Waals surface area contributed by atoms with Gasteiger partial charge in [-0.15, -0.1) is 0 Å². The van der Waals surface area contributed by atoms with E-state index < -0.39 is 61.9 Å². The van der Waals surface area contributed by atoms with Crippen LogP contribution >= 0.6 is 0 Å². The second kappa shape index (κ2) is 6.79. The predicted molar refractivity (Wildman–Crippen MR) is 62.6 cm³/mol. The van der Waals surface area contributed by atoms with Gasteiger partial charge in [-0.2, -0.15) is 0 Å². The van der Waals surface area contributed by atoms with E-state index in [4.69, 9.17) is 19.3 Å². The van der Waals surface area contributed by atoms with Crippen molar-refractivity contribution in [2.24, 2.45) is 0 Å². The number of ether oxygens (including phenoxy) is 3. The fraction of sp³-hybridized carbons (Fsp3) is 1.00. The van der Waals surface area contributed by atoms with Crippen LogP contribution in [-0.4, -0.2) is 104 Å². The molecule has 2 fully saturated rings.